The minimum atomic E-state index is -4.65. The van der Waals surface area contributed by atoms with Gasteiger partial charge in [-0.2, -0.15) is 13.2 Å². The second kappa shape index (κ2) is 5.21. The largest absolute Gasteiger partial charge is 0.447 e. The van der Waals surface area contributed by atoms with E-state index in [4.69, 9.17) is 11.6 Å². The summed E-state index contributed by atoms with van der Waals surface area (Å²) >= 11 is 5.09. The van der Waals surface area contributed by atoms with Gasteiger partial charge in [0.05, 0.1) is 0 Å². The van der Waals surface area contributed by atoms with E-state index in [1.54, 1.807) is 6.07 Å². The van der Waals surface area contributed by atoms with Gasteiger partial charge in [0.15, 0.2) is 0 Å². The number of halogens is 4. The van der Waals surface area contributed by atoms with E-state index in [2.05, 4.69) is 4.74 Å². The Balaban J connectivity index is 2.93. The summed E-state index contributed by atoms with van der Waals surface area (Å²) in [5.41, 5.74) is -0.131. The minimum Gasteiger partial charge on any atom is -0.447 e. The molecular weight excluding hydrogens is 245 g/mol. The molecule has 1 atom stereocenters. The van der Waals surface area contributed by atoms with Gasteiger partial charge in [-0.3, -0.25) is 4.79 Å². The summed E-state index contributed by atoms with van der Waals surface area (Å²) < 4.78 is 42.0. The first-order valence-corrected chi connectivity index (χ1v) is 4.85. The van der Waals surface area contributed by atoms with E-state index in [1.807, 2.05) is 0 Å². The Morgan fingerprint density at radius 1 is 1.31 bits per heavy atom. The number of carbonyl (C=O) groups is 1. The Hall–Kier alpha value is -1.23. The van der Waals surface area contributed by atoms with Gasteiger partial charge in [-0.15, -0.1) is 11.6 Å². The Morgan fingerprint density at radius 3 is 2.31 bits per heavy atom. The van der Waals surface area contributed by atoms with Crippen molar-refractivity contribution in [2.45, 2.75) is 12.3 Å². The van der Waals surface area contributed by atoms with Crippen molar-refractivity contribution < 1.29 is 22.7 Å². The number of carbonyl (C=O) groups excluding carboxylic acids is 1. The lowest BCUT2D eigenvalue weighted by atomic mass is 10.1. The molecule has 0 fully saturated rings. The number of alkyl halides is 4. The molecule has 0 aliphatic rings. The topological polar surface area (TPSA) is 26.3 Å². The van der Waals surface area contributed by atoms with Crippen LogP contribution in [0.1, 0.15) is 11.7 Å². The molecule has 1 aromatic rings. The molecule has 0 aliphatic heterocycles. The zero-order chi connectivity index (χ0) is 12.2. The molecule has 0 aliphatic carbocycles. The highest BCUT2D eigenvalue weighted by Gasteiger charge is 2.43. The fourth-order valence-corrected chi connectivity index (χ4v) is 1.18. The predicted molar refractivity (Wildman–Crippen MR) is 52.1 cm³/mol. The molecule has 0 saturated carbocycles. The van der Waals surface area contributed by atoms with Crippen LogP contribution in [0.2, 0.25) is 0 Å². The van der Waals surface area contributed by atoms with Crippen molar-refractivity contribution in [3.05, 3.63) is 35.9 Å². The maximum absolute atomic E-state index is 12.6. The Morgan fingerprint density at radius 2 is 1.88 bits per heavy atom. The average molecular weight is 253 g/mol. The fourth-order valence-electron chi connectivity index (χ4n) is 1.11. The normalized spacial score (nSPS) is 13.2. The highest BCUT2D eigenvalue weighted by Crippen LogP contribution is 2.35. The first-order valence-electron chi connectivity index (χ1n) is 4.32. The molecular formula is C10H8ClF3O2. The molecule has 16 heavy (non-hydrogen) atoms. The average Bonchev–Trinajstić information content (AvgIpc) is 2.25. The van der Waals surface area contributed by atoms with E-state index in [0.717, 1.165) is 0 Å². The molecule has 1 aromatic carbocycles. The van der Waals surface area contributed by atoms with Gasteiger partial charge >= 0.3 is 12.1 Å². The van der Waals surface area contributed by atoms with Gasteiger partial charge in [0.1, 0.15) is 5.88 Å². The molecule has 0 aromatic heterocycles. The monoisotopic (exact) mass is 252 g/mol. The minimum absolute atomic E-state index is 0.131. The molecule has 1 rings (SSSR count). The number of hydrogen-bond acceptors (Lipinski definition) is 2. The molecule has 2 nitrogen and oxygen atoms in total. The number of esters is 1. The van der Waals surface area contributed by atoms with Crippen molar-refractivity contribution in [2.75, 3.05) is 5.88 Å². The predicted octanol–water partition coefficient (Wildman–Crippen LogP) is 3.07. The molecule has 0 spiro atoms. The summed E-state index contributed by atoms with van der Waals surface area (Å²) in [5.74, 6) is -1.72. The van der Waals surface area contributed by atoms with Crippen LogP contribution in [-0.2, 0) is 9.53 Å². The van der Waals surface area contributed by atoms with E-state index in [1.165, 1.54) is 24.3 Å². The van der Waals surface area contributed by atoms with Gasteiger partial charge in [0, 0.05) is 5.56 Å². The summed E-state index contributed by atoms with van der Waals surface area (Å²) in [6, 6.07) is 6.91. The van der Waals surface area contributed by atoms with Crippen LogP contribution >= 0.6 is 11.6 Å². The van der Waals surface area contributed by atoms with Crippen molar-refractivity contribution >= 4 is 17.6 Å². The van der Waals surface area contributed by atoms with Gasteiger partial charge in [0.2, 0.25) is 6.10 Å². The zero-order valence-electron chi connectivity index (χ0n) is 8.00. The van der Waals surface area contributed by atoms with Crippen LogP contribution in [0.5, 0.6) is 0 Å². The highest BCUT2D eigenvalue weighted by molar-refractivity contribution is 6.26. The Bertz CT molecular complexity index is 351. The zero-order valence-corrected chi connectivity index (χ0v) is 8.76. The lowest BCUT2D eigenvalue weighted by molar-refractivity contribution is -0.222. The van der Waals surface area contributed by atoms with E-state index in [0.29, 0.717) is 0 Å². The molecule has 0 heterocycles. The standard InChI is InChI=1S/C10H8ClF3O2/c11-6-8(15)16-9(10(12,13)14)7-4-2-1-3-5-7/h1-5,9H,6H2. The highest BCUT2D eigenvalue weighted by atomic mass is 35.5. The first kappa shape index (κ1) is 12.8. The Labute approximate surface area is 95.0 Å². The number of ether oxygens (including phenoxy) is 1. The lowest BCUT2D eigenvalue weighted by Gasteiger charge is -2.20. The van der Waals surface area contributed by atoms with Crippen molar-refractivity contribution in [1.82, 2.24) is 0 Å². The molecule has 0 saturated heterocycles. The number of rotatable bonds is 3. The second-order valence-corrected chi connectivity index (χ2v) is 3.22. The van der Waals surface area contributed by atoms with Crippen LogP contribution in [0.15, 0.2) is 30.3 Å². The van der Waals surface area contributed by atoms with Crippen LogP contribution in [0.4, 0.5) is 13.2 Å². The van der Waals surface area contributed by atoms with Gasteiger partial charge in [-0.1, -0.05) is 30.3 Å². The van der Waals surface area contributed by atoms with E-state index < -0.39 is 24.1 Å². The van der Waals surface area contributed by atoms with Crippen molar-refractivity contribution in [2.24, 2.45) is 0 Å². The van der Waals surface area contributed by atoms with Gasteiger partial charge in [-0.25, -0.2) is 0 Å². The quantitative estimate of drug-likeness (QED) is 0.610. The van der Waals surface area contributed by atoms with Crippen LogP contribution in [0, 0.1) is 0 Å². The summed E-state index contributed by atoms with van der Waals surface area (Å²) in [4.78, 5) is 10.8. The van der Waals surface area contributed by atoms with Gasteiger partial charge < -0.3 is 4.74 Å². The third-order valence-corrected chi connectivity index (χ3v) is 1.98. The maximum atomic E-state index is 12.6. The fraction of sp³-hybridized carbons (Fsp3) is 0.300. The second-order valence-electron chi connectivity index (χ2n) is 2.96. The lowest BCUT2D eigenvalue weighted by Crippen LogP contribution is -2.26. The Kier molecular flexibility index (Phi) is 4.18. The van der Waals surface area contributed by atoms with Crippen molar-refractivity contribution in [1.29, 1.82) is 0 Å². The summed E-state index contributed by atoms with van der Waals surface area (Å²) in [6.45, 7) is 0. The van der Waals surface area contributed by atoms with Gasteiger partial charge in [0.25, 0.3) is 0 Å². The van der Waals surface area contributed by atoms with E-state index in [-0.39, 0.29) is 5.56 Å². The van der Waals surface area contributed by atoms with Crippen LogP contribution in [-0.4, -0.2) is 18.0 Å². The summed E-state index contributed by atoms with van der Waals surface area (Å²) in [7, 11) is 0. The first-order chi connectivity index (χ1) is 7.45. The van der Waals surface area contributed by atoms with Crippen molar-refractivity contribution in [3.63, 3.8) is 0 Å². The molecule has 6 heteroatoms. The smallest absolute Gasteiger partial charge is 0.429 e. The van der Waals surface area contributed by atoms with E-state index in [9.17, 15) is 18.0 Å². The molecule has 0 bridgehead atoms. The third-order valence-electron chi connectivity index (χ3n) is 1.76. The number of benzene rings is 1. The molecule has 88 valence electrons. The maximum Gasteiger partial charge on any atom is 0.429 e. The van der Waals surface area contributed by atoms with E-state index >= 15 is 0 Å². The SMILES string of the molecule is O=C(CCl)OC(c1ccccc1)C(F)(F)F. The van der Waals surface area contributed by atoms with Crippen LogP contribution in [0.3, 0.4) is 0 Å². The summed E-state index contributed by atoms with van der Waals surface area (Å²) in [5, 5.41) is 0. The number of hydrogen-bond donors (Lipinski definition) is 0. The van der Waals surface area contributed by atoms with Crippen molar-refractivity contribution in [3.8, 4) is 0 Å². The van der Waals surface area contributed by atoms with Crippen LogP contribution in [0.25, 0.3) is 0 Å². The molecule has 0 amide bonds. The summed E-state index contributed by atoms with van der Waals surface area (Å²) in [6.07, 6.45) is -6.91. The van der Waals surface area contributed by atoms with Crippen LogP contribution < -0.4 is 0 Å². The third kappa shape index (κ3) is 3.41. The molecule has 0 radical (unpaired) electrons. The molecule has 0 N–H and O–H groups in total. The van der Waals surface area contributed by atoms with Gasteiger partial charge in [-0.05, 0) is 0 Å². The molecule has 1 unspecified atom stereocenters.